The van der Waals surface area contributed by atoms with Crippen LogP contribution in [0.25, 0.3) is 0 Å². The lowest BCUT2D eigenvalue weighted by Crippen LogP contribution is -2.59. The van der Waals surface area contributed by atoms with Crippen molar-refractivity contribution < 1.29 is 23.1 Å². The van der Waals surface area contributed by atoms with Crippen molar-refractivity contribution in [2.24, 2.45) is 0 Å². The number of aromatic nitrogens is 1. The lowest BCUT2D eigenvalue weighted by molar-refractivity contribution is -0.125. The third-order valence-electron chi connectivity index (χ3n) is 8.12. The summed E-state index contributed by atoms with van der Waals surface area (Å²) in [6, 6.07) is 17.3. The van der Waals surface area contributed by atoms with Crippen LogP contribution in [0.1, 0.15) is 83.5 Å². The van der Waals surface area contributed by atoms with Crippen LogP contribution in [-0.4, -0.2) is 53.6 Å². The zero-order valence-corrected chi connectivity index (χ0v) is 25.1. The quantitative estimate of drug-likeness (QED) is 0.350. The van der Waals surface area contributed by atoms with Gasteiger partial charge in [-0.25, -0.2) is 13.1 Å². The van der Waals surface area contributed by atoms with E-state index in [2.05, 4.69) is 15.0 Å². The predicted molar refractivity (Wildman–Crippen MR) is 160 cm³/mol. The normalized spacial score (nSPS) is 23.2. The molecule has 5 atom stereocenters. The van der Waals surface area contributed by atoms with E-state index in [1.807, 2.05) is 25.1 Å². The van der Waals surface area contributed by atoms with E-state index in [1.165, 1.54) is 0 Å². The highest BCUT2D eigenvalue weighted by atomic mass is 35.5. The van der Waals surface area contributed by atoms with Crippen LogP contribution in [0.15, 0.2) is 66.7 Å². The maximum atomic E-state index is 14.3. The number of hydrogen-bond acceptors (Lipinski definition) is 6. The number of sulfonamides is 1. The van der Waals surface area contributed by atoms with Gasteiger partial charge in [-0.05, 0) is 61.2 Å². The summed E-state index contributed by atoms with van der Waals surface area (Å²) in [5.41, 5.74) is 2.83. The van der Waals surface area contributed by atoms with Crippen LogP contribution in [0.4, 0.5) is 0 Å². The minimum absolute atomic E-state index is 0.218. The van der Waals surface area contributed by atoms with E-state index in [4.69, 9.17) is 11.6 Å². The Hall–Kier alpha value is -3.31. The molecule has 1 saturated carbocycles. The van der Waals surface area contributed by atoms with E-state index >= 15 is 0 Å². The molecular weight excluding hydrogens is 576 g/mol. The maximum Gasteiger partial charge on any atom is 0.255 e. The van der Waals surface area contributed by atoms with Gasteiger partial charge in [0.1, 0.15) is 0 Å². The van der Waals surface area contributed by atoms with Crippen LogP contribution in [-0.2, 0) is 21.4 Å². The fourth-order valence-corrected chi connectivity index (χ4v) is 7.23. The average molecular weight is 611 g/mol. The van der Waals surface area contributed by atoms with Gasteiger partial charge in [-0.3, -0.25) is 14.6 Å². The summed E-state index contributed by atoms with van der Waals surface area (Å²) in [5, 5.41) is 13.2. The van der Waals surface area contributed by atoms with E-state index in [-0.39, 0.29) is 18.4 Å². The van der Waals surface area contributed by atoms with Crippen LogP contribution < -0.4 is 10.0 Å². The van der Waals surface area contributed by atoms with Crippen LogP contribution in [0.2, 0.25) is 5.02 Å². The number of nitrogens with zero attached hydrogens (tertiary/aromatic N) is 2. The number of aliphatic hydroxyl groups excluding tert-OH is 1. The summed E-state index contributed by atoms with van der Waals surface area (Å²) >= 11 is 6.24. The van der Waals surface area contributed by atoms with Crippen molar-refractivity contribution in [2.75, 3.05) is 6.26 Å². The number of halogens is 1. The monoisotopic (exact) mass is 610 g/mol. The minimum atomic E-state index is -3.55. The molecule has 2 heterocycles. The largest absolute Gasteiger partial charge is 0.390 e. The van der Waals surface area contributed by atoms with Gasteiger partial charge in [-0.15, -0.1) is 0 Å². The van der Waals surface area contributed by atoms with Gasteiger partial charge in [-0.1, -0.05) is 60.8 Å². The number of amides is 2. The van der Waals surface area contributed by atoms with Gasteiger partial charge in [0.2, 0.25) is 15.9 Å². The zero-order chi connectivity index (χ0) is 30.0. The number of hydrogen-bond donors (Lipinski definition) is 3. The first kappa shape index (κ1) is 30.2. The van der Waals surface area contributed by atoms with E-state index in [0.29, 0.717) is 40.4 Å². The van der Waals surface area contributed by atoms with Gasteiger partial charge in [-0.2, -0.15) is 0 Å². The molecule has 1 aromatic heterocycles. The summed E-state index contributed by atoms with van der Waals surface area (Å²) in [6.07, 6.45) is 3.95. The number of aliphatic hydroxyl groups is 1. The molecule has 0 radical (unpaired) electrons. The Morgan fingerprint density at radius 3 is 2.50 bits per heavy atom. The van der Waals surface area contributed by atoms with E-state index in [1.54, 1.807) is 53.4 Å². The molecule has 1 unspecified atom stereocenters. The summed E-state index contributed by atoms with van der Waals surface area (Å²) < 4.78 is 27.5. The van der Waals surface area contributed by atoms with Gasteiger partial charge in [0.15, 0.2) is 0 Å². The number of fused-ring (bicyclic) bond motifs is 1. The number of carbonyl (C=O) groups is 2. The molecule has 0 bridgehead atoms. The van der Waals surface area contributed by atoms with E-state index < -0.39 is 40.1 Å². The molecule has 1 fully saturated rings. The summed E-state index contributed by atoms with van der Waals surface area (Å²) in [7, 11) is -3.55. The van der Waals surface area contributed by atoms with Gasteiger partial charge in [0.05, 0.1) is 42.3 Å². The van der Waals surface area contributed by atoms with Crippen molar-refractivity contribution in [1.82, 2.24) is 19.9 Å². The first-order chi connectivity index (χ1) is 20.1. The number of pyridine rings is 1. The van der Waals surface area contributed by atoms with Crippen molar-refractivity contribution in [3.63, 3.8) is 0 Å². The van der Waals surface area contributed by atoms with Gasteiger partial charge < -0.3 is 15.3 Å². The second-order valence-electron chi connectivity index (χ2n) is 11.1. The summed E-state index contributed by atoms with van der Waals surface area (Å²) in [6.45, 7) is 1.60. The van der Waals surface area contributed by atoms with Gasteiger partial charge >= 0.3 is 0 Å². The van der Waals surface area contributed by atoms with E-state index in [9.17, 15) is 23.1 Å². The van der Waals surface area contributed by atoms with Gasteiger partial charge in [0, 0.05) is 22.7 Å². The number of benzene rings is 2. The molecule has 2 aromatic carbocycles. The lowest BCUT2D eigenvalue weighted by Gasteiger charge is -2.49. The highest BCUT2D eigenvalue weighted by molar-refractivity contribution is 7.88. The molecule has 222 valence electrons. The van der Waals surface area contributed by atoms with Crippen molar-refractivity contribution >= 4 is 33.4 Å². The second-order valence-corrected chi connectivity index (χ2v) is 13.3. The van der Waals surface area contributed by atoms with Gasteiger partial charge in [0.25, 0.3) is 5.91 Å². The molecule has 1 aliphatic heterocycles. The molecule has 1 aliphatic carbocycles. The Morgan fingerprint density at radius 2 is 1.79 bits per heavy atom. The van der Waals surface area contributed by atoms with Crippen molar-refractivity contribution in [3.05, 3.63) is 99.8 Å². The molecular formula is C31H35ClN4O5S. The number of nitrogens with one attached hydrogen (secondary N) is 2. The maximum absolute atomic E-state index is 14.3. The Morgan fingerprint density at radius 1 is 1.07 bits per heavy atom. The smallest absolute Gasteiger partial charge is 0.255 e. The van der Waals surface area contributed by atoms with Crippen LogP contribution >= 0.6 is 11.6 Å². The molecule has 3 N–H and O–H groups in total. The summed E-state index contributed by atoms with van der Waals surface area (Å²) in [5.74, 6) is -1.34. The Bertz CT molecular complexity index is 1570. The van der Waals surface area contributed by atoms with Crippen LogP contribution in [0.3, 0.4) is 0 Å². The van der Waals surface area contributed by atoms with Crippen molar-refractivity contribution in [2.45, 2.75) is 69.3 Å². The molecule has 9 nitrogen and oxygen atoms in total. The first-order valence-corrected chi connectivity index (χ1v) is 16.4. The molecule has 2 aliphatic rings. The number of carbonyl (C=O) groups excluding carboxylic acids is 2. The third kappa shape index (κ3) is 6.36. The molecule has 3 aromatic rings. The van der Waals surface area contributed by atoms with E-state index in [0.717, 1.165) is 24.7 Å². The number of rotatable bonds is 8. The Labute approximate surface area is 251 Å². The summed E-state index contributed by atoms with van der Waals surface area (Å²) in [4.78, 5) is 34.8. The highest BCUT2D eigenvalue weighted by Gasteiger charge is 2.49. The van der Waals surface area contributed by atoms with Crippen molar-refractivity contribution in [3.8, 4) is 0 Å². The molecule has 0 saturated heterocycles. The van der Waals surface area contributed by atoms with Crippen LogP contribution in [0, 0.1) is 0 Å². The molecule has 2 amide bonds. The van der Waals surface area contributed by atoms with Crippen molar-refractivity contribution in [1.29, 1.82) is 0 Å². The Kier molecular flexibility index (Phi) is 8.98. The molecule has 5 rings (SSSR count). The first-order valence-electron chi connectivity index (χ1n) is 14.1. The van der Waals surface area contributed by atoms with Crippen LogP contribution in [0.5, 0.6) is 0 Å². The molecule has 42 heavy (non-hydrogen) atoms. The second kappa shape index (κ2) is 12.5. The zero-order valence-electron chi connectivity index (χ0n) is 23.5. The predicted octanol–water partition coefficient (Wildman–Crippen LogP) is 4.25. The molecule has 11 heteroatoms. The minimum Gasteiger partial charge on any atom is -0.390 e. The SMILES string of the molecule is CC(NC(=O)[C@@H]1c2ccccc2C(=O)N([C@H]2CCCC[C@@H]2NS(C)(=O)=O)[C@H]1c1ccc(Cl)cc1)c1cccc(CO)n1. The lowest BCUT2D eigenvalue weighted by atomic mass is 9.76. The average Bonchev–Trinajstić information content (AvgIpc) is 2.97. The third-order valence-corrected chi connectivity index (χ3v) is 9.10. The fourth-order valence-electron chi connectivity index (χ4n) is 6.27. The fraction of sp³-hybridized carbons (Fsp3) is 0.387. The topological polar surface area (TPSA) is 129 Å². The Balaban J connectivity index is 1.62. The molecule has 0 spiro atoms. The standard InChI is InChI=1S/C31H35ClN4O5S/c1-19(25-12-7-8-22(18-37)34-25)33-30(38)28-23-9-3-4-10-24(23)31(39)36(29(28)20-14-16-21(32)17-15-20)27-13-6-5-11-26(27)35-42(2,40)41/h3-4,7-10,12,14-17,19,26-29,35,37H,5-6,11,13,18H2,1-2H3,(H,33,38)/t19?,26-,27-,28+,29-/m0/s1. The highest BCUT2D eigenvalue weighted by Crippen LogP contribution is 2.46.